The molecule has 26 heavy (non-hydrogen) atoms. The van der Waals surface area contributed by atoms with Gasteiger partial charge in [-0.25, -0.2) is 4.98 Å². The lowest BCUT2D eigenvalue weighted by Gasteiger charge is -2.19. The minimum atomic E-state index is 0.167. The molecule has 1 aliphatic rings. The van der Waals surface area contributed by atoms with Crippen LogP contribution in [0, 0.1) is 33.1 Å². The van der Waals surface area contributed by atoms with Gasteiger partial charge in [0.2, 0.25) is 0 Å². The summed E-state index contributed by atoms with van der Waals surface area (Å²) < 4.78 is 0. The van der Waals surface area contributed by atoms with Crippen molar-refractivity contribution in [1.29, 1.82) is 5.41 Å². The van der Waals surface area contributed by atoms with Crippen LogP contribution in [0.1, 0.15) is 28.1 Å². The summed E-state index contributed by atoms with van der Waals surface area (Å²) >= 11 is 0. The number of aliphatic hydroxyl groups excluding tert-OH is 1. The highest BCUT2D eigenvalue weighted by molar-refractivity contribution is 6.30. The first-order valence-electron chi connectivity index (χ1n) is 8.68. The zero-order chi connectivity index (χ0) is 18.6. The van der Waals surface area contributed by atoms with Crippen molar-refractivity contribution in [3.05, 3.63) is 64.2 Å². The summed E-state index contributed by atoms with van der Waals surface area (Å²) in [6.45, 7) is 8.51. The van der Waals surface area contributed by atoms with Gasteiger partial charge in [-0.15, -0.1) is 0 Å². The van der Waals surface area contributed by atoms with Gasteiger partial charge in [0.15, 0.2) is 0 Å². The molecule has 0 radical (unpaired) electrons. The molecule has 0 bridgehead atoms. The van der Waals surface area contributed by atoms with E-state index in [1.807, 2.05) is 24.3 Å². The smallest absolute Gasteiger partial charge is 0.145 e. The molecule has 5 heteroatoms. The Morgan fingerprint density at radius 1 is 1.00 bits per heavy atom. The third-order valence-corrected chi connectivity index (χ3v) is 5.24. The minimum absolute atomic E-state index is 0.167. The monoisotopic (exact) mass is 346 g/mol. The van der Waals surface area contributed by atoms with Crippen molar-refractivity contribution in [3.63, 3.8) is 0 Å². The van der Waals surface area contributed by atoms with Gasteiger partial charge in [-0.3, -0.25) is 5.41 Å². The van der Waals surface area contributed by atoms with Crippen LogP contribution in [0.5, 0.6) is 0 Å². The summed E-state index contributed by atoms with van der Waals surface area (Å²) in [5.74, 6) is 0.970. The lowest BCUT2D eigenvalue weighted by atomic mass is 10.1. The van der Waals surface area contributed by atoms with Crippen molar-refractivity contribution in [2.45, 2.75) is 27.7 Å². The highest BCUT2D eigenvalue weighted by atomic mass is 16.3. The van der Waals surface area contributed by atoms with E-state index >= 15 is 0 Å². The Balaban J connectivity index is 1.74. The molecule has 4 rings (SSSR count). The van der Waals surface area contributed by atoms with Crippen molar-refractivity contribution in [2.24, 2.45) is 0 Å². The Morgan fingerprint density at radius 2 is 1.69 bits per heavy atom. The van der Waals surface area contributed by atoms with Crippen LogP contribution in [0.3, 0.4) is 0 Å². The molecule has 5 nitrogen and oxygen atoms in total. The second-order valence-corrected chi connectivity index (χ2v) is 7.06. The number of aromatic amines is 1. The number of anilines is 1. The van der Waals surface area contributed by atoms with Crippen LogP contribution in [0.25, 0.3) is 16.6 Å². The fourth-order valence-corrected chi connectivity index (χ4v) is 3.33. The molecule has 0 saturated heterocycles. The molecule has 0 amide bonds. The zero-order valence-corrected chi connectivity index (χ0v) is 15.4. The quantitative estimate of drug-likeness (QED) is 0.636. The number of hydrogen-bond acceptors (Lipinski definition) is 3. The maximum atomic E-state index is 10.5. The van der Waals surface area contributed by atoms with Crippen molar-refractivity contribution in [1.82, 2.24) is 9.97 Å². The fraction of sp³-hybridized carbons (Fsp3) is 0.238. The van der Waals surface area contributed by atoms with Crippen LogP contribution in [-0.2, 0) is 0 Å². The molecule has 0 aliphatic carbocycles. The Hall–Kier alpha value is -3.08. The van der Waals surface area contributed by atoms with Gasteiger partial charge in [0, 0.05) is 5.69 Å². The van der Waals surface area contributed by atoms with Gasteiger partial charge in [0.05, 0.1) is 23.2 Å². The van der Waals surface area contributed by atoms with E-state index < -0.39 is 0 Å². The number of hydrogen-bond donors (Lipinski definition) is 3. The van der Waals surface area contributed by atoms with Gasteiger partial charge in [0.1, 0.15) is 17.4 Å². The van der Waals surface area contributed by atoms with Gasteiger partial charge >= 0.3 is 0 Å². The summed E-state index contributed by atoms with van der Waals surface area (Å²) in [7, 11) is 0. The predicted molar refractivity (Wildman–Crippen MR) is 106 cm³/mol. The first kappa shape index (κ1) is 16.4. The van der Waals surface area contributed by atoms with E-state index in [0.717, 1.165) is 22.3 Å². The van der Waals surface area contributed by atoms with Crippen molar-refractivity contribution in [3.8, 4) is 0 Å². The topological polar surface area (TPSA) is 76.0 Å². The summed E-state index contributed by atoms with van der Waals surface area (Å²) in [6.07, 6.45) is 0. The Labute approximate surface area is 152 Å². The number of amidine groups is 1. The lowest BCUT2D eigenvalue weighted by Crippen LogP contribution is -2.26. The second kappa shape index (κ2) is 5.73. The van der Waals surface area contributed by atoms with E-state index in [4.69, 9.17) is 5.41 Å². The summed E-state index contributed by atoms with van der Waals surface area (Å²) in [5.41, 5.74) is 7.87. The highest BCUT2D eigenvalue weighted by Gasteiger charge is 2.31. The summed E-state index contributed by atoms with van der Waals surface area (Å²) in [5, 5.41) is 19.1. The number of aliphatic hydroxyl groups is 1. The number of imidazole rings is 1. The third kappa shape index (κ3) is 2.47. The largest absolute Gasteiger partial charge is 0.509 e. The van der Waals surface area contributed by atoms with E-state index in [1.165, 1.54) is 16.7 Å². The van der Waals surface area contributed by atoms with Crippen molar-refractivity contribution >= 4 is 28.1 Å². The number of nitrogens with one attached hydrogen (secondary N) is 2. The zero-order valence-electron chi connectivity index (χ0n) is 15.4. The molecular weight excluding hydrogens is 324 g/mol. The molecule has 0 spiro atoms. The summed E-state index contributed by atoms with van der Waals surface area (Å²) in [4.78, 5) is 9.69. The highest BCUT2D eigenvalue weighted by Crippen LogP contribution is 2.32. The second-order valence-electron chi connectivity index (χ2n) is 7.06. The van der Waals surface area contributed by atoms with Gasteiger partial charge in [-0.05, 0) is 74.2 Å². The van der Waals surface area contributed by atoms with Crippen molar-refractivity contribution in [2.75, 3.05) is 11.4 Å². The number of aryl methyl sites for hydroxylation is 4. The fourth-order valence-electron chi connectivity index (χ4n) is 3.33. The van der Waals surface area contributed by atoms with Crippen molar-refractivity contribution < 1.29 is 5.11 Å². The molecular formula is C21H22N4O. The van der Waals surface area contributed by atoms with Gasteiger partial charge in [0.25, 0.3) is 0 Å². The third-order valence-electron chi connectivity index (χ3n) is 5.24. The van der Waals surface area contributed by atoms with Crippen LogP contribution < -0.4 is 4.90 Å². The first-order chi connectivity index (χ1) is 12.3. The standard InChI is InChI=1S/C21H22N4O/c1-11-5-6-15(7-12(11)2)25-10-18(26)19(20(25)22)21-23-16-8-13(3)14(4)9-17(16)24-21/h5-9,22,26H,10H2,1-4H3,(H,23,24). The van der Waals surface area contributed by atoms with E-state index in [1.54, 1.807) is 4.90 Å². The minimum Gasteiger partial charge on any atom is -0.509 e. The van der Waals surface area contributed by atoms with E-state index in [2.05, 4.69) is 43.7 Å². The van der Waals surface area contributed by atoms with Crippen LogP contribution in [0.4, 0.5) is 5.69 Å². The molecule has 0 atom stereocenters. The van der Waals surface area contributed by atoms with Crippen LogP contribution in [0.15, 0.2) is 36.1 Å². The van der Waals surface area contributed by atoms with E-state index in [-0.39, 0.29) is 18.1 Å². The van der Waals surface area contributed by atoms with E-state index in [9.17, 15) is 5.11 Å². The average Bonchev–Trinajstić information content (AvgIpc) is 3.10. The SMILES string of the molecule is Cc1ccc(N2CC(O)=C(c3nc4cc(C)c(C)cc4[nH]3)C2=N)cc1C. The lowest BCUT2D eigenvalue weighted by molar-refractivity contribution is 0.411. The number of H-pyrrole nitrogens is 1. The predicted octanol–water partition coefficient (Wildman–Crippen LogP) is 4.56. The number of fused-ring (bicyclic) bond motifs is 1. The average molecular weight is 346 g/mol. The number of nitrogens with zero attached hydrogens (tertiary/aromatic N) is 2. The molecule has 2 heterocycles. The maximum absolute atomic E-state index is 10.5. The van der Waals surface area contributed by atoms with Gasteiger partial charge < -0.3 is 15.0 Å². The molecule has 0 unspecified atom stereocenters. The molecule has 3 aromatic rings. The van der Waals surface area contributed by atoms with Crippen LogP contribution in [-0.4, -0.2) is 27.5 Å². The number of rotatable bonds is 2. The van der Waals surface area contributed by atoms with Gasteiger partial charge in [-0.2, -0.15) is 0 Å². The number of benzene rings is 2. The summed E-state index contributed by atoms with van der Waals surface area (Å²) in [6, 6.07) is 10.2. The molecule has 1 aliphatic heterocycles. The molecule has 1 aromatic heterocycles. The Kier molecular flexibility index (Phi) is 3.61. The first-order valence-corrected chi connectivity index (χ1v) is 8.68. The maximum Gasteiger partial charge on any atom is 0.145 e. The van der Waals surface area contributed by atoms with E-state index in [0.29, 0.717) is 11.4 Å². The van der Waals surface area contributed by atoms with Gasteiger partial charge in [-0.1, -0.05) is 6.07 Å². The molecule has 3 N–H and O–H groups in total. The Bertz CT molecular complexity index is 1050. The molecule has 132 valence electrons. The van der Waals surface area contributed by atoms with Crippen LogP contribution in [0.2, 0.25) is 0 Å². The number of aromatic nitrogens is 2. The normalized spacial score (nSPS) is 14.8. The molecule has 0 fully saturated rings. The molecule has 2 aromatic carbocycles. The van der Waals surface area contributed by atoms with Crippen LogP contribution >= 0.6 is 0 Å². The Morgan fingerprint density at radius 3 is 2.42 bits per heavy atom. The molecule has 0 saturated carbocycles.